The molecule has 9 heteroatoms. The predicted octanol–water partition coefficient (Wildman–Crippen LogP) is 3.18. The molecule has 132 valence electrons. The van der Waals surface area contributed by atoms with Crippen molar-refractivity contribution in [1.29, 1.82) is 0 Å². The Morgan fingerprint density at radius 2 is 1.60 bits per heavy atom. The lowest BCUT2D eigenvalue weighted by Crippen LogP contribution is -2.17. The Hall–Kier alpha value is -2.51. The fourth-order valence-electron chi connectivity index (χ4n) is 2.00. The van der Waals surface area contributed by atoms with Crippen LogP contribution in [0.2, 0.25) is 10.3 Å². The lowest BCUT2D eigenvalue weighted by molar-refractivity contribution is 0.0955. The van der Waals surface area contributed by atoms with E-state index in [1.165, 1.54) is 39.7 Å². The summed E-state index contributed by atoms with van der Waals surface area (Å²) in [5, 5.41) is 4.13. The van der Waals surface area contributed by atoms with Crippen molar-refractivity contribution in [3.05, 3.63) is 45.7 Å². The molecule has 0 aliphatic heterocycles. The van der Waals surface area contributed by atoms with E-state index < -0.39 is 5.91 Å². The zero-order valence-corrected chi connectivity index (χ0v) is 15.2. The van der Waals surface area contributed by atoms with Gasteiger partial charge in [-0.15, -0.1) is 0 Å². The number of benzene rings is 1. The second-order valence-electron chi connectivity index (χ2n) is 4.66. The van der Waals surface area contributed by atoms with E-state index in [-0.39, 0.29) is 15.9 Å². The van der Waals surface area contributed by atoms with Gasteiger partial charge in [-0.25, -0.2) is 10.4 Å². The van der Waals surface area contributed by atoms with Crippen molar-refractivity contribution in [1.82, 2.24) is 10.4 Å². The number of rotatable bonds is 6. The first-order valence-electron chi connectivity index (χ1n) is 6.95. The molecule has 2 rings (SSSR count). The molecule has 0 bridgehead atoms. The number of carbonyl (C=O) groups is 1. The Bertz CT molecular complexity index is 767. The molecule has 0 unspecified atom stereocenters. The quantitative estimate of drug-likeness (QED) is 0.470. The summed E-state index contributed by atoms with van der Waals surface area (Å²) >= 11 is 11.5. The Kier molecular flexibility index (Phi) is 6.44. The van der Waals surface area contributed by atoms with Gasteiger partial charge < -0.3 is 14.2 Å². The van der Waals surface area contributed by atoms with Crippen LogP contribution < -0.4 is 19.6 Å². The number of carbonyl (C=O) groups excluding carboxylic acids is 1. The molecule has 1 N–H and O–H groups in total. The Labute approximate surface area is 154 Å². The Morgan fingerprint density at radius 3 is 2.08 bits per heavy atom. The molecule has 1 aromatic carbocycles. The molecular weight excluding hydrogens is 369 g/mol. The third kappa shape index (κ3) is 4.74. The molecular formula is C16H15Cl2N3O4. The monoisotopic (exact) mass is 383 g/mol. The summed E-state index contributed by atoms with van der Waals surface area (Å²) in [6, 6.07) is 6.16. The summed E-state index contributed by atoms with van der Waals surface area (Å²) in [5.41, 5.74) is 3.26. The molecule has 0 radical (unpaired) electrons. The molecule has 25 heavy (non-hydrogen) atoms. The Balaban J connectivity index is 2.17. The van der Waals surface area contributed by atoms with E-state index in [0.29, 0.717) is 22.8 Å². The number of hydrogen-bond acceptors (Lipinski definition) is 6. The van der Waals surface area contributed by atoms with Crippen molar-refractivity contribution in [3.63, 3.8) is 0 Å². The average molecular weight is 384 g/mol. The minimum absolute atomic E-state index is 0.117. The zero-order chi connectivity index (χ0) is 18.4. The van der Waals surface area contributed by atoms with E-state index in [9.17, 15) is 4.79 Å². The van der Waals surface area contributed by atoms with Gasteiger partial charge in [0.1, 0.15) is 10.3 Å². The van der Waals surface area contributed by atoms with Gasteiger partial charge in [0.25, 0.3) is 5.91 Å². The highest BCUT2D eigenvalue weighted by molar-refractivity contribution is 6.33. The minimum atomic E-state index is -0.477. The van der Waals surface area contributed by atoms with E-state index in [0.717, 1.165) is 0 Å². The number of aromatic nitrogens is 1. The van der Waals surface area contributed by atoms with Gasteiger partial charge in [-0.2, -0.15) is 5.10 Å². The van der Waals surface area contributed by atoms with Crippen molar-refractivity contribution < 1.29 is 19.0 Å². The van der Waals surface area contributed by atoms with Crippen LogP contribution in [0.5, 0.6) is 17.2 Å². The van der Waals surface area contributed by atoms with Crippen LogP contribution in [0, 0.1) is 0 Å². The van der Waals surface area contributed by atoms with Crippen LogP contribution >= 0.6 is 23.2 Å². The molecule has 0 aliphatic rings. The highest BCUT2D eigenvalue weighted by atomic mass is 35.5. The van der Waals surface area contributed by atoms with Gasteiger partial charge in [0.05, 0.1) is 27.5 Å². The first-order chi connectivity index (χ1) is 12.0. The van der Waals surface area contributed by atoms with Crippen LogP contribution in [0.1, 0.15) is 15.9 Å². The van der Waals surface area contributed by atoms with Crippen LogP contribution in [-0.2, 0) is 0 Å². The summed E-state index contributed by atoms with van der Waals surface area (Å²) in [5.74, 6) is 0.937. The fourth-order valence-corrected chi connectivity index (χ4v) is 2.46. The van der Waals surface area contributed by atoms with Gasteiger partial charge in [-0.3, -0.25) is 4.79 Å². The SMILES string of the molecule is COc1cc(/C=N/NC(=O)c2cc(Cl)nc(Cl)c2)cc(OC)c1OC. The van der Waals surface area contributed by atoms with Gasteiger partial charge in [-0.05, 0) is 24.3 Å². The molecule has 0 aliphatic carbocycles. The second kappa shape index (κ2) is 8.55. The normalized spacial score (nSPS) is 10.6. The number of nitrogens with zero attached hydrogens (tertiary/aromatic N) is 2. The third-order valence-corrected chi connectivity index (χ3v) is 3.48. The van der Waals surface area contributed by atoms with E-state index in [1.807, 2.05) is 0 Å². The van der Waals surface area contributed by atoms with Crippen molar-refractivity contribution in [2.75, 3.05) is 21.3 Å². The fraction of sp³-hybridized carbons (Fsp3) is 0.188. The smallest absolute Gasteiger partial charge is 0.271 e. The standard InChI is InChI=1S/C16H15Cl2N3O4/c1-23-11-4-9(5-12(24-2)15(11)25-3)8-19-21-16(22)10-6-13(17)20-14(18)7-10/h4-8H,1-3H3,(H,21,22)/b19-8+. The first-order valence-corrected chi connectivity index (χ1v) is 7.70. The number of amides is 1. The highest BCUT2D eigenvalue weighted by Gasteiger charge is 2.12. The lowest BCUT2D eigenvalue weighted by atomic mass is 10.2. The number of halogens is 2. The Morgan fingerprint density at radius 1 is 1.04 bits per heavy atom. The number of ether oxygens (including phenoxy) is 3. The maximum Gasteiger partial charge on any atom is 0.271 e. The topological polar surface area (TPSA) is 82.0 Å². The number of methoxy groups -OCH3 is 3. The largest absolute Gasteiger partial charge is 0.493 e. The van der Waals surface area contributed by atoms with Crippen molar-refractivity contribution in [2.24, 2.45) is 5.10 Å². The molecule has 7 nitrogen and oxygen atoms in total. The summed E-state index contributed by atoms with van der Waals surface area (Å²) < 4.78 is 15.7. The van der Waals surface area contributed by atoms with Crippen molar-refractivity contribution in [2.45, 2.75) is 0 Å². The van der Waals surface area contributed by atoms with Crippen molar-refractivity contribution in [3.8, 4) is 17.2 Å². The number of hydrazone groups is 1. The first kappa shape index (κ1) is 18.8. The summed E-state index contributed by atoms with van der Waals surface area (Å²) in [7, 11) is 4.53. The molecule has 2 aromatic rings. The van der Waals surface area contributed by atoms with Crippen molar-refractivity contribution >= 4 is 35.3 Å². The third-order valence-electron chi connectivity index (χ3n) is 3.09. The molecule has 0 saturated heterocycles. The van der Waals surface area contributed by atoms with Gasteiger partial charge in [0, 0.05) is 11.1 Å². The van der Waals surface area contributed by atoms with Gasteiger partial charge in [-0.1, -0.05) is 23.2 Å². The van der Waals surface area contributed by atoms with Crippen LogP contribution in [-0.4, -0.2) is 38.4 Å². The second-order valence-corrected chi connectivity index (χ2v) is 5.43. The molecule has 0 fully saturated rings. The molecule has 0 saturated carbocycles. The van der Waals surface area contributed by atoms with Crippen LogP contribution in [0.25, 0.3) is 0 Å². The average Bonchev–Trinajstić information content (AvgIpc) is 2.59. The predicted molar refractivity (Wildman–Crippen MR) is 95.4 cm³/mol. The summed E-state index contributed by atoms with van der Waals surface area (Å²) in [6.07, 6.45) is 1.44. The number of nitrogens with one attached hydrogen (secondary N) is 1. The maximum absolute atomic E-state index is 12.0. The lowest BCUT2D eigenvalue weighted by Gasteiger charge is -2.12. The van der Waals surface area contributed by atoms with Crippen LogP contribution in [0.4, 0.5) is 0 Å². The zero-order valence-electron chi connectivity index (χ0n) is 13.7. The van der Waals surface area contributed by atoms with E-state index in [4.69, 9.17) is 37.4 Å². The summed E-state index contributed by atoms with van der Waals surface area (Å²) in [6.45, 7) is 0. The van der Waals surface area contributed by atoms with Gasteiger partial charge >= 0.3 is 0 Å². The maximum atomic E-state index is 12.0. The molecule has 1 aromatic heterocycles. The summed E-state index contributed by atoms with van der Waals surface area (Å²) in [4.78, 5) is 15.8. The van der Waals surface area contributed by atoms with E-state index >= 15 is 0 Å². The van der Waals surface area contributed by atoms with E-state index in [2.05, 4.69) is 15.5 Å². The number of hydrogen-bond donors (Lipinski definition) is 1. The van der Waals surface area contributed by atoms with Gasteiger partial charge in [0.15, 0.2) is 11.5 Å². The molecule has 0 atom stereocenters. The molecule has 1 heterocycles. The molecule has 0 spiro atoms. The van der Waals surface area contributed by atoms with Gasteiger partial charge in [0.2, 0.25) is 5.75 Å². The minimum Gasteiger partial charge on any atom is -0.493 e. The highest BCUT2D eigenvalue weighted by Crippen LogP contribution is 2.37. The van der Waals surface area contributed by atoms with E-state index in [1.54, 1.807) is 12.1 Å². The van der Waals surface area contributed by atoms with Crippen LogP contribution in [0.3, 0.4) is 0 Å². The molecule has 1 amide bonds. The van der Waals surface area contributed by atoms with Crippen LogP contribution in [0.15, 0.2) is 29.4 Å². The number of pyridine rings is 1.